The fourth-order valence-electron chi connectivity index (χ4n) is 2.38. The molecule has 1 fully saturated rings. The predicted molar refractivity (Wildman–Crippen MR) is 66.3 cm³/mol. The number of rotatable bonds is 1. The van der Waals surface area contributed by atoms with Crippen molar-refractivity contribution >= 4 is 5.69 Å². The molecule has 0 amide bonds. The summed E-state index contributed by atoms with van der Waals surface area (Å²) in [5, 5.41) is 9.05. The van der Waals surface area contributed by atoms with Crippen molar-refractivity contribution in [3.63, 3.8) is 0 Å². The molecule has 1 aliphatic heterocycles. The van der Waals surface area contributed by atoms with Crippen LogP contribution in [0.2, 0.25) is 0 Å². The molecule has 1 aromatic rings. The highest BCUT2D eigenvalue weighted by Gasteiger charge is 2.16. The molecule has 1 saturated heterocycles. The van der Waals surface area contributed by atoms with Crippen LogP contribution in [0.25, 0.3) is 0 Å². The summed E-state index contributed by atoms with van der Waals surface area (Å²) in [6.07, 6.45) is 3.52. The van der Waals surface area contributed by atoms with Crippen LogP contribution in [-0.4, -0.2) is 13.1 Å². The molecular weight excluding hydrogens is 215 g/mol. The van der Waals surface area contributed by atoms with Gasteiger partial charge >= 0.3 is 0 Å². The van der Waals surface area contributed by atoms with Gasteiger partial charge in [0.2, 0.25) is 0 Å². The zero-order chi connectivity index (χ0) is 12.3. The molecule has 17 heavy (non-hydrogen) atoms. The van der Waals surface area contributed by atoms with E-state index in [2.05, 4.69) is 17.9 Å². The van der Waals surface area contributed by atoms with Gasteiger partial charge in [0.25, 0.3) is 0 Å². The van der Waals surface area contributed by atoms with Gasteiger partial charge in [0.05, 0.1) is 11.3 Å². The quantitative estimate of drug-likeness (QED) is 0.742. The van der Waals surface area contributed by atoms with E-state index in [4.69, 9.17) is 5.26 Å². The fraction of sp³-hybridized carbons (Fsp3) is 0.500. The minimum absolute atomic E-state index is 0.339. The van der Waals surface area contributed by atoms with Gasteiger partial charge in [-0.25, -0.2) is 4.39 Å². The molecule has 3 heteroatoms. The van der Waals surface area contributed by atoms with Crippen molar-refractivity contribution in [1.82, 2.24) is 0 Å². The van der Waals surface area contributed by atoms with Crippen molar-refractivity contribution < 1.29 is 4.39 Å². The lowest BCUT2D eigenvalue weighted by atomic mass is 10.0. The topological polar surface area (TPSA) is 27.0 Å². The van der Waals surface area contributed by atoms with Crippen LogP contribution in [0, 0.1) is 23.1 Å². The zero-order valence-corrected chi connectivity index (χ0v) is 10.1. The number of nitriles is 1. The number of nitrogens with zero attached hydrogens (tertiary/aromatic N) is 2. The summed E-state index contributed by atoms with van der Waals surface area (Å²) < 4.78 is 13.1. The van der Waals surface area contributed by atoms with E-state index >= 15 is 0 Å². The lowest BCUT2D eigenvalue weighted by molar-refractivity contribution is 0.521. The molecule has 1 atom stereocenters. The van der Waals surface area contributed by atoms with Gasteiger partial charge in [-0.1, -0.05) is 6.92 Å². The van der Waals surface area contributed by atoms with Crippen molar-refractivity contribution in [2.45, 2.75) is 26.2 Å². The Bertz CT molecular complexity index is 436. The highest BCUT2D eigenvalue weighted by Crippen LogP contribution is 2.25. The van der Waals surface area contributed by atoms with Crippen LogP contribution in [0.5, 0.6) is 0 Å². The van der Waals surface area contributed by atoms with Gasteiger partial charge in [-0.2, -0.15) is 5.26 Å². The summed E-state index contributed by atoms with van der Waals surface area (Å²) in [6.45, 7) is 4.19. The number of halogens is 1. The second-order valence-corrected chi connectivity index (χ2v) is 4.80. The maximum absolute atomic E-state index is 13.1. The minimum Gasteiger partial charge on any atom is -0.370 e. The SMILES string of the molecule is CC1CCCN(c2ccc(F)cc2C#N)CC1. The van der Waals surface area contributed by atoms with E-state index in [0.29, 0.717) is 5.56 Å². The highest BCUT2D eigenvalue weighted by molar-refractivity contribution is 5.59. The first kappa shape index (κ1) is 11.9. The van der Waals surface area contributed by atoms with E-state index in [1.54, 1.807) is 6.07 Å². The highest BCUT2D eigenvalue weighted by atomic mass is 19.1. The van der Waals surface area contributed by atoms with Crippen molar-refractivity contribution in [3.8, 4) is 6.07 Å². The summed E-state index contributed by atoms with van der Waals surface area (Å²) in [6, 6.07) is 6.57. The average Bonchev–Trinajstić information content (AvgIpc) is 2.54. The van der Waals surface area contributed by atoms with Gasteiger partial charge < -0.3 is 4.90 Å². The zero-order valence-electron chi connectivity index (χ0n) is 10.1. The fourth-order valence-corrected chi connectivity index (χ4v) is 2.38. The third-order valence-corrected chi connectivity index (χ3v) is 3.44. The predicted octanol–water partition coefficient (Wildman–Crippen LogP) is 3.32. The van der Waals surface area contributed by atoms with Gasteiger partial charge in [-0.05, 0) is 43.4 Å². The number of anilines is 1. The van der Waals surface area contributed by atoms with Gasteiger partial charge in [-0.3, -0.25) is 0 Å². The molecule has 2 rings (SSSR count). The Labute approximate surface area is 102 Å². The second-order valence-electron chi connectivity index (χ2n) is 4.80. The maximum atomic E-state index is 13.1. The summed E-state index contributed by atoms with van der Waals surface area (Å²) >= 11 is 0. The van der Waals surface area contributed by atoms with E-state index in [1.165, 1.54) is 18.6 Å². The van der Waals surface area contributed by atoms with E-state index in [1.807, 2.05) is 0 Å². The molecular formula is C14H17FN2. The summed E-state index contributed by atoms with van der Waals surface area (Å²) in [5.41, 5.74) is 1.32. The number of hydrogen-bond donors (Lipinski definition) is 0. The maximum Gasteiger partial charge on any atom is 0.124 e. The van der Waals surface area contributed by atoms with Gasteiger partial charge in [0, 0.05) is 13.1 Å². The molecule has 1 unspecified atom stereocenters. The van der Waals surface area contributed by atoms with Crippen LogP contribution in [-0.2, 0) is 0 Å². The van der Waals surface area contributed by atoms with Crippen molar-refractivity contribution in [1.29, 1.82) is 5.26 Å². The van der Waals surface area contributed by atoms with Crippen LogP contribution < -0.4 is 4.90 Å². The molecule has 0 saturated carbocycles. The molecule has 90 valence electrons. The van der Waals surface area contributed by atoms with Crippen molar-refractivity contribution in [2.24, 2.45) is 5.92 Å². The van der Waals surface area contributed by atoms with Crippen LogP contribution in [0.3, 0.4) is 0 Å². The molecule has 0 aliphatic carbocycles. The van der Waals surface area contributed by atoms with Crippen molar-refractivity contribution in [3.05, 3.63) is 29.6 Å². The van der Waals surface area contributed by atoms with E-state index in [-0.39, 0.29) is 5.82 Å². The number of hydrogen-bond acceptors (Lipinski definition) is 2. The molecule has 0 bridgehead atoms. The Kier molecular flexibility index (Phi) is 3.63. The first-order valence-electron chi connectivity index (χ1n) is 6.15. The smallest absolute Gasteiger partial charge is 0.124 e. The monoisotopic (exact) mass is 232 g/mol. The molecule has 2 nitrogen and oxygen atoms in total. The van der Waals surface area contributed by atoms with Crippen LogP contribution >= 0.6 is 0 Å². The Hall–Kier alpha value is -1.56. The molecule has 1 heterocycles. The van der Waals surface area contributed by atoms with Crippen LogP contribution in [0.15, 0.2) is 18.2 Å². The second kappa shape index (κ2) is 5.18. The Morgan fingerprint density at radius 3 is 2.94 bits per heavy atom. The first-order valence-corrected chi connectivity index (χ1v) is 6.15. The van der Waals surface area contributed by atoms with Crippen LogP contribution in [0.1, 0.15) is 31.7 Å². The average molecular weight is 232 g/mol. The lowest BCUT2D eigenvalue weighted by Crippen LogP contribution is -2.25. The van der Waals surface area contributed by atoms with Gasteiger partial charge in [0.1, 0.15) is 11.9 Å². The molecule has 1 aromatic carbocycles. The van der Waals surface area contributed by atoms with Gasteiger partial charge in [0.15, 0.2) is 0 Å². The largest absolute Gasteiger partial charge is 0.370 e. The minimum atomic E-state index is -0.339. The normalized spacial score (nSPS) is 20.8. The van der Waals surface area contributed by atoms with Gasteiger partial charge in [-0.15, -0.1) is 0 Å². The van der Waals surface area contributed by atoms with Crippen LogP contribution in [0.4, 0.5) is 10.1 Å². The molecule has 1 aliphatic rings. The lowest BCUT2D eigenvalue weighted by Gasteiger charge is -2.23. The van der Waals surface area contributed by atoms with E-state index in [9.17, 15) is 4.39 Å². The molecule has 0 radical (unpaired) electrons. The Morgan fingerprint density at radius 2 is 2.18 bits per heavy atom. The number of benzene rings is 1. The summed E-state index contributed by atoms with van der Waals surface area (Å²) in [5.74, 6) is 0.402. The molecule has 0 N–H and O–H groups in total. The Morgan fingerprint density at radius 1 is 1.35 bits per heavy atom. The third-order valence-electron chi connectivity index (χ3n) is 3.44. The van der Waals surface area contributed by atoms with E-state index < -0.39 is 0 Å². The summed E-state index contributed by atoms with van der Waals surface area (Å²) in [4.78, 5) is 2.21. The molecule has 0 aromatic heterocycles. The van der Waals surface area contributed by atoms with Crippen molar-refractivity contribution in [2.75, 3.05) is 18.0 Å². The summed E-state index contributed by atoms with van der Waals surface area (Å²) in [7, 11) is 0. The molecule has 0 spiro atoms. The first-order chi connectivity index (χ1) is 8.20. The third kappa shape index (κ3) is 2.76. The Balaban J connectivity index is 2.24. The van der Waals surface area contributed by atoms with E-state index in [0.717, 1.165) is 37.5 Å². The standard InChI is InChI=1S/C14H17FN2/c1-11-3-2-7-17(8-6-11)14-5-4-13(15)9-12(14)10-16/h4-5,9,11H,2-3,6-8H2,1H3.